The van der Waals surface area contributed by atoms with E-state index in [1.165, 1.54) is 11.3 Å². The molecule has 0 unspecified atom stereocenters. The van der Waals surface area contributed by atoms with Gasteiger partial charge in [-0.1, -0.05) is 11.3 Å². The maximum atomic E-state index is 11.2. The number of benzene rings is 1. The van der Waals surface area contributed by atoms with E-state index >= 15 is 0 Å². The smallest absolute Gasteiger partial charge is 0.269 e. The molecule has 0 saturated carbocycles. The summed E-state index contributed by atoms with van der Waals surface area (Å²) >= 11 is 1.32. The maximum absolute atomic E-state index is 11.2. The van der Waals surface area contributed by atoms with Gasteiger partial charge in [0.25, 0.3) is 5.91 Å². The van der Waals surface area contributed by atoms with Crippen molar-refractivity contribution >= 4 is 43.5 Å². The standard InChI is InChI=1S/C9H7N5OS/c10-8(15)6-5-3(13-14-6)1-2-4-7(5)16-9(11)12-4/h1-2H,(H2,10,15)(H2,11,12)(H,13,14). The lowest BCUT2D eigenvalue weighted by Crippen LogP contribution is -2.11. The summed E-state index contributed by atoms with van der Waals surface area (Å²) in [5.74, 6) is -0.564. The van der Waals surface area contributed by atoms with E-state index in [1.54, 1.807) is 6.07 Å². The number of hydrogen-bond acceptors (Lipinski definition) is 5. The first-order valence-electron chi connectivity index (χ1n) is 4.49. The molecule has 0 saturated heterocycles. The minimum Gasteiger partial charge on any atom is -0.375 e. The molecule has 0 radical (unpaired) electrons. The molecule has 5 N–H and O–H groups in total. The summed E-state index contributed by atoms with van der Waals surface area (Å²) in [6.45, 7) is 0. The largest absolute Gasteiger partial charge is 0.375 e. The Balaban J connectivity index is 2.55. The van der Waals surface area contributed by atoms with Crippen LogP contribution in [-0.2, 0) is 0 Å². The summed E-state index contributed by atoms with van der Waals surface area (Å²) in [4.78, 5) is 15.4. The third-order valence-corrected chi connectivity index (χ3v) is 3.25. The normalized spacial score (nSPS) is 11.2. The van der Waals surface area contributed by atoms with E-state index in [1.807, 2.05) is 6.07 Å². The molecule has 2 heterocycles. The fourth-order valence-electron chi connectivity index (χ4n) is 1.69. The number of anilines is 1. The molecule has 2 aromatic heterocycles. The number of fused-ring (bicyclic) bond motifs is 3. The molecule has 0 aliphatic heterocycles. The Labute approximate surface area is 93.3 Å². The van der Waals surface area contributed by atoms with Crippen LogP contribution in [0.5, 0.6) is 0 Å². The van der Waals surface area contributed by atoms with Gasteiger partial charge in [0.05, 0.1) is 21.1 Å². The van der Waals surface area contributed by atoms with Crippen molar-refractivity contribution in [3.63, 3.8) is 0 Å². The van der Waals surface area contributed by atoms with Crippen LogP contribution in [-0.4, -0.2) is 21.1 Å². The Morgan fingerprint density at radius 2 is 2.25 bits per heavy atom. The SMILES string of the molecule is NC(=O)c1n[nH]c2ccc3nc(N)sc3c12. The monoisotopic (exact) mass is 233 g/mol. The van der Waals surface area contributed by atoms with Gasteiger partial charge in [0.15, 0.2) is 10.8 Å². The number of nitrogens with one attached hydrogen (secondary N) is 1. The van der Waals surface area contributed by atoms with Crippen molar-refractivity contribution in [3.05, 3.63) is 17.8 Å². The van der Waals surface area contributed by atoms with Gasteiger partial charge in [0.1, 0.15) is 0 Å². The average molecular weight is 233 g/mol. The first kappa shape index (κ1) is 9.10. The van der Waals surface area contributed by atoms with Crippen molar-refractivity contribution in [3.8, 4) is 0 Å². The number of hydrogen-bond donors (Lipinski definition) is 3. The Morgan fingerprint density at radius 1 is 1.44 bits per heavy atom. The van der Waals surface area contributed by atoms with Gasteiger partial charge in [-0.3, -0.25) is 9.89 Å². The molecule has 0 bridgehead atoms. The van der Waals surface area contributed by atoms with Crippen LogP contribution in [0.3, 0.4) is 0 Å². The molecule has 7 heteroatoms. The highest BCUT2D eigenvalue weighted by Crippen LogP contribution is 2.32. The number of nitrogen functional groups attached to an aromatic ring is 1. The molecule has 3 aromatic rings. The second kappa shape index (κ2) is 2.92. The highest BCUT2D eigenvalue weighted by Gasteiger charge is 2.15. The second-order valence-electron chi connectivity index (χ2n) is 3.32. The number of aromatic amines is 1. The van der Waals surface area contributed by atoms with Gasteiger partial charge in [-0.25, -0.2) is 4.98 Å². The first-order chi connectivity index (χ1) is 7.66. The summed E-state index contributed by atoms with van der Waals surface area (Å²) in [5, 5.41) is 7.80. The van der Waals surface area contributed by atoms with E-state index in [9.17, 15) is 4.79 Å². The summed E-state index contributed by atoms with van der Waals surface area (Å²) < 4.78 is 0.831. The zero-order valence-electron chi connectivity index (χ0n) is 8.02. The second-order valence-corrected chi connectivity index (χ2v) is 4.36. The van der Waals surface area contributed by atoms with Gasteiger partial charge in [-0.2, -0.15) is 5.10 Å². The van der Waals surface area contributed by atoms with E-state index < -0.39 is 5.91 Å². The number of nitrogens with two attached hydrogens (primary N) is 2. The van der Waals surface area contributed by atoms with Crippen LogP contribution in [0.2, 0.25) is 0 Å². The Morgan fingerprint density at radius 3 is 3.00 bits per heavy atom. The van der Waals surface area contributed by atoms with Crippen molar-refractivity contribution in [1.29, 1.82) is 0 Å². The summed E-state index contributed by atoms with van der Waals surface area (Å²) in [6.07, 6.45) is 0. The highest BCUT2D eigenvalue weighted by atomic mass is 32.1. The molecule has 16 heavy (non-hydrogen) atoms. The number of nitrogens with zero attached hydrogens (tertiary/aromatic N) is 2. The Bertz CT molecular complexity index is 713. The van der Waals surface area contributed by atoms with Crippen LogP contribution < -0.4 is 11.5 Å². The molecule has 80 valence electrons. The van der Waals surface area contributed by atoms with Gasteiger partial charge in [-0.05, 0) is 12.1 Å². The molecule has 1 aromatic carbocycles. The van der Waals surface area contributed by atoms with Crippen molar-refractivity contribution in [2.75, 3.05) is 5.73 Å². The lowest BCUT2D eigenvalue weighted by atomic mass is 10.2. The van der Waals surface area contributed by atoms with Crippen molar-refractivity contribution in [1.82, 2.24) is 15.2 Å². The van der Waals surface area contributed by atoms with Gasteiger partial charge < -0.3 is 11.5 Å². The van der Waals surface area contributed by atoms with Crippen LogP contribution in [0.25, 0.3) is 21.1 Å². The number of thiazole rings is 1. The Kier molecular flexibility index (Phi) is 1.66. The van der Waals surface area contributed by atoms with E-state index in [0.29, 0.717) is 10.5 Å². The minimum absolute atomic E-state index is 0.226. The minimum atomic E-state index is -0.564. The van der Waals surface area contributed by atoms with Crippen LogP contribution in [0.1, 0.15) is 10.5 Å². The average Bonchev–Trinajstić information content (AvgIpc) is 2.77. The quantitative estimate of drug-likeness (QED) is 0.578. The molecule has 1 amide bonds. The number of rotatable bonds is 1. The molecule has 0 spiro atoms. The van der Waals surface area contributed by atoms with Gasteiger partial charge in [0, 0.05) is 0 Å². The summed E-state index contributed by atoms with van der Waals surface area (Å²) in [7, 11) is 0. The fourth-order valence-corrected chi connectivity index (χ4v) is 2.57. The predicted molar refractivity (Wildman–Crippen MR) is 62.2 cm³/mol. The molecule has 0 atom stereocenters. The lowest BCUT2D eigenvalue weighted by molar-refractivity contribution is 0.0997. The van der Waals surface area contributed by atoms with Crippen molar-refractivity contribution < 1.29 is 4.79 Å². The summed E-state index contributed by atoms with van der Waals surface area (Å²) in [6, 6.07) is 3.63. The molecule has 0 aliphatic carbocycles. The van der Waals surface area contributed by atoms with Gasteiger partial charge in [-0.15, -0.1) is 0 Å². The zero-order valence-corrected chi connectivity index (χ0v) is 8.84. The molecular weight excluding hydrogens is 226 g/mol. The molecular formula is C9H7N5OS. The third-order valence-electron chi connectivity index (χ3n) is 2.33. The van der Waals surface area contributed by atoms with E-state index in [-0.39, 0.29) is 5.69 Å². The number of carbonyl (C=O) groups is 1. The van der Waals surface area contributed by atoms with Gasteiger partial charge in [0.2, 0.25) is 0 Å². The fraction of sp³-hybridized carbons (Fsp3) is 0. The molecule has 3 rings (SSSR count). The molecule has 0 fully saturated rings. The number of carbonyl (C=O) groups excluding carboxylic acids is 1. The predicted octanol–water partition coefficient (Wildman–Crippen LogP) is 0.854. The number of amides is 1. The van der Waals surface area contributed by atoms with Crippen LogP contribution >= 0.6 is 11.3 Å². The highest BCUT2D eigenvalue weighted by molar-refractivity contribution is 7.23. The van der Waals surface area contributed by atoms with E-state index in [2.05, 4.69) is 15.2 Å². The third kappa shape index (κ3) is 1.09. The zero-order chi connectivity index (χ0) is 11.3. The Hall–Kier alpha value is -2.15. The summed E-state index contributed by atoms with van der Waals surface area (Å²) in [5.41, 5.74) is 12.6. The van der Waals surface area contributed by atoms with E-state index in [4.69, 9.17) is 11.5 Å². The van der Waals surface area contributed by atoms with E-state index in [0.717, 1.165) is 15.7 Å². The van der Waals surface area contributed by atoms with Crippen LogP contribution in [0.4, 0.5) is 5.13 Å². The maximum Gasteiger partial charge on any atom is 0.269 e. The number of aromatic nitrogens is 3. The van der Waals surface area contributed by atoms with Crippen molar-refractivity contribution in [2.45, 2.75) is 0 Å². The topological polar surface area (TPSA) is 111 Å². The first-order valence-corrected chi connectivity index (χ1v) is 5.31. The molecule has 0 aliphatic rings. The van der Waals surface area contributed by atoms with Crippen LogP contribution in [0.15, 0.2) is 12.1 Å². The number of primary amides is 1. The number of H-pyrrole nitrogens is 1. The van der Waals surface area contributed by atoms with Crippen molar-refractivity contribution in [2.24, 2.45) is 5.73 Å². The molecule has 6 nitrogen and oxygen atoms in total. The van der Waals surface area contributed by atoms with Gasteiger partial charge >= 0.3 is 0 Å². The van der Waals surface area contributed by atoms with Crippen LogP contribution in [0, 0.1) is 0 Å². The lowest BCUT2D eigenvalue weighted by Gasteiger charge is -1.92.